The van der Waals surface area contributed by atoms with E-state index in [2.05, 4.69) is 19.9 Å². The fourth-order valence-corrected chi connectivity index (χ4v) is 2.04. The van der Waals surface area contributed by atoms with E-state index in [4.69, 9.17) is 0 Å². The van der Waals surface area contributed by atoms with Gasteiger partial charge in [0.2, 0.25) is 0 Å². The van der Waals surface area contributed by atoms with Crippen LogP contribution in [0.3, 0.4) is 0 Å². The Labute approximate surface area is 106 Å². The summed E-state index contributed by atoms with van der Waals surface area (Å²) < 4.78 is 39.0. The van der Waals surface area contributed by atoms with Crippen LogP contribution in [0, 0.1) is 0 Å². The number of aromatic amines is 2. The van der Waals surface area contributed by atoms with E-state index in [1.54, 1.807) is 13.8 Å². The molecule has 0 fully saturated rings. The predicted octanol–water partition coefficient (Wildman–Crippen LogP) is 2.57. The first-order valence-electron chi connectivity index (χ1n) is 5.93. The van der Waals surface area contributed by atoms with Crippen molar-refractivity contribution in [3.8, 4) is 0 Å². The van der Waals surface area contributed by atoms with Crippen molar-refractivity contribution < 1.29 is 13.2 Å². The number of nitrogens with one attached hydrogen (secondary N) is 2. The van der Waals surface area contributed by atoms with E-state index in [0.29, 0.717) is 12.8 Å². The van der Waals surface area contributed by atoms with Crippen LogP contribution in [-0.2, 0) is 6.18 Å². The second kappa shape index (κ2) is 4.67. The summed E-state index contributed by atoms with van der Waals surface area (Å²) in [6.45, 7) is 3.58. The van der Waals surface area contributed by atoms with E-state index in [1.165, 1.54) is 0 Å². The van der Waals surface area contributed by atoms with Gasteiger partial charge < -0.3 is 0 Å². The molecular weight excluding hydrogens is 261 g/mol. The Morgan fingerprint density at radius 3 is 2.11 bits per heavy atom. The summed E-state index contributed by atoms with van der Waals surface area (Å²) >= 11 is 0. The Morgan fingerprint density at radius 1 is 1.11 bits per heavy atom. The monoisotopic (exact) mass is 274 g/mol. The molecule has 8 heteroatoms. The van der Waals surface area contributed by atoms with Gasteiger partial charge in [0.1, 0.15) is 0 Å². The van der Waals surface area contributed by atoms with Gasteiger partial charge in [-0.25, -0.2) is 14.8 Å². The number of hydrogen-bond acceptors (Lipinski definition) is 3. The van der Waals surface area contributed by atoms with E-state index >= 15 is 0 Å². The predicted molar refractivity (Wildman–Crippen MR) is 62.8 cm³/mol. The minimum Gasteiger partial charge on any atom is -0.289 e. The van der Waals surface area contributed by atoms with Crippen molar-refractivity contribution in [3.05, 3.63) is 21.9 Å². The Morgan fingerprint density at radius 2 is 1.63 bits per heavy atom. The van der Waals surface area contributed by atoms with Gasteiger partial charge in [0.05, 0.1) is 5.69 Å². The molecule has 0 aliphatic rings. The molecule has 0 saturated heterocycles. The number of H-pyrrole nitrogens is 2. The third kappa shape index (κ3) is 2.47. The molecule has 0 aliphatic heterocycles. The Balaban J connectivity index is 2.73. The zero-order valence-corrected chi connectivity index (χ0v) is 10.4. The van der Waals surface area contributed by atoms with Gasteiger partial charge in [-0.15, -0.1) is 0 Å². The number of fused-ring (bicyclic) bond motifs is 1. The van der Waals surface area contributed by atoms with Crippen LogP contribution in [0.2, 0.25) is 0 Å². The van der Waals surface area contributed by atoms with Gasteiger partial charge in [0.25, 0.3) is 0 Å². The molecule has 0 aromatic carbocycles. The summed E-state index contributed by atoms with van der Waals surface area (Å²) in [4.78, 5) is 23.1. The van der Waals surface area contributed by atoms with Crippen LogP contribution in [0.15, 0.2) is 4.79 Å². The summed E-state index contributed by atoms with van der Waals surface area (Å²) in [6, 6.07) is 0. The number of hydrogen-bond donors (Lipinski definition) is 2. The summed E-state index contributed by atoms with van der Waals surface area (Å²) in [5.74, 6) is -0.341. The van der Waals surface area contributed by atoms with Crippen LogP contribution >= 0.6 is 0 Å². The highest BCUT2D eigenvalue weighted by Crippen LogP contribution is 2.35. The topological polar surface area (TPSA) is 74.4 Å². The second-order valence-corrected chi connectivity index (χ2v) is 4.24. The molecule has 2 rings (SSSR count). The maximum atomic E-state index is 13.0. The summed E-state index contributed by atoms with van der Waals surface area (Å²) in [7, 11) is 0. The molecule has 2 N–H and O–H groups in total. The van der Waals surface area contributed by atoms with Crippen molar-refractivity contribution in [2.24, 2.45) is 0 Å². The average molecular weight is 274 g/mol. The third-order valence-electron chi connectivity index (χ3n) is 3.03. The first-order chi connectivity index (χ1) is 8.86. The number of nitrogens with zero attached hydrogens (tertiary/aromatic N) is 2. The van der Waals surface area contributed by atoms with E-state index in [0.717, 1.165) is 0 Å². The van der Waals surface area contributed by atoms with E-state index < -0.39 is 17.6 Å². The van der Waals surface area contributed by atoms with Gasteiger partial charge in [-0.2, -0.15) is 13.2 Å². The van der Waals surface area contributed by atoms with Crippen LogP contribution in [0.1, 0.15) is 44.0 Å². The van der Waals surface area contributed by atoms with Crippen LogP contribution in [0.5, 0.6) is 0 Å². The van der Waals surface area contributed by atoms with Crippen molar-refractivity contribution in [2.45, 2.75) is 38.8 Å². The summed E-state index contributed by atoms with van der Waals surface area (Å²) in [5, 5.41) is 0. The SMILES string of the molecule is CCC(CC)c1nc2[nH]c(=O)[nH]c2nc1C(F)(F)F. The Hall–Kier alpha value is -1.86. The normalized spacial score (nSPS) is 12.5. The maximum absolute atomic E-state index is 13.0. The summed E-state index contributed by atoms with van der Waals surface area (Å²) in [5.41, 5.74) is -1.87. The third-order valence-corrected chi connectivity index (χ3v) is 3.03. The molecule has 0 radical (unpaired) electrons. The minimum atomic E-state index is -4.59. The first-order valence-corrected chi connectivity index (χ1v) is 5.93. The maximum Gasteiger partial charge on any atom is 0.435 e. The van der Waals surface area contributed by atoms with Crippen molar-refractivity contribution >= 4 is 11.3 Å². The lowest BCUT2D eigenvalue weighted by Crippen LogP contribution is -2.16. The zero-order chi connectivity index (χ0) is 14.2. The fourth-order valence-electron chi connectivity index (χ4n) is 2.04. The molecular formula is C11H13F3N4O. The molecule has 0 amide bonds. The second-order valence-electron chi connectivity index (χ2n) is 4.24. The molecule has 0 aliphatic carbocycles. The highest BCUT2D eigenvalue weighted by atomic mass is 19.4. The minimum absolute atomic E-state index is 0.0555. The molecule has 0 atom stereocenters. The van der Waals surface area contributed by atoms with Gasteiger partial charge in [-0.1, -0.05) is 13.8 Å². The lowest BCUT2D eigenvalue weighted by atomic mass is 9.97. The van der Waals surface area contributed by atoms with Crippen LogP contribution in [-0.4, -0.2) is 19.9 Å². The molecule has 0 spiro atoms. The highest BCUT2D eigenvalue weighted by Gasteiger charge is 2.38. The van der Waals surface area contributed by atoms with E-state index in [1.807, 2.05) is 0 Å². The smallest absolute Gasteiger partial charge is 0.289 e. The van der Waals surface area contributed by atoms with Crippen molar-refractivity contribution in [3.63, 3.8) is 0 Å². The van der Waals surface area contributed by atoms with Gasteiger partial charge in [-0.05, 0) is 12.8 Å². The van der Waals surface area contributed by atoms with Crippen LogP contribution in [0.4, 0.5) is 13.2 Å². The van der Waals surface area contributed by atoms with Crippen molar-refractivity contribution in [2.75, 3.05) is 0 Å². The molecule has 0 unspecified atom stereocenters. The Kier molecular flexibility index (Phi) is 3.34. The average Bonchev–Trinajstić information content (AvgIpc) is 2.67. The van der Waals surface area contributed by atoms with Gasteiger partial charge in [-0.3, -0.25) is 9.97 Å². The van der Waals surface area contributed by atoms with Crippen LogP contribution < -0.4 is 5.69 Å². The van der Waals surface area contributed by atoms with Crippen molar-refractivity contribution in [1.29, 1.82) is 0 Å². The Bertz CT molecular complexity index is 639. The largest absolute Gasteiger partial charge is 0.435 e. The van der Waals surface area contributed by atoms with Gasteiger partial charge in [0.15, 0.2) is 17.0 Å². The van der Waals surface area contributed by atoms with E-state index in [9.17, 15) is 18.0 Å². The molecule has 5 nitrogen and oxygen atoms in total. The molecule has 2 aromatic rings. The summed E-state index contributed by atoms with van der Waals surface area (Å²) in [6.07, 6.45) is -3.55. The zero-order valence-electron chi connectivity index (χ0n) is 10.4. The molecule has 2 aromatic heterocycles. The van der Waals surface area contributed by atoms with Gasteiger partial charge >= 0.3 is 11.9 Å². The highest BCUT2D eigenvalue weighted by molar-refractivity contribution is 5.65. The number of aromatic nitrogens is 4. The van der Waals surface area contributed by atoms with Crippen LogP contribution in [0.25, 0.3) is 11.3 Å². The molecule has 2 heterocycles. The molecule has 104 valence electrons. The molecule has 19 heavy (non-hydrogen) atoms. The van der Waals surface area contributed by atoms with Gasteiger partial charge in [0, 0.05) is 5.92 Å². The standard InChI is InChI=1S/C11H13F3N4O/c1-3-5(4-2)6-7(11(12,13)14)16-9-8(15-6)17-10(19)18-9/h5H,3-4H2,1-2H3,(H2,15,16,17,18,19). The fraction of sp³-hybridized carbons (Fsp3) is 0.545. The molecule has 0 saturated carbocycles. The quantitative estimate of drug-likeness (QED) is 0.903. The lowest BCUT2D eigenvalue weighted by molar-refractivity contribution is -0.142. The van der Waals surface area contributed by atoms with E-state index in [-0.39, 0.29) is 22.9 Å². The number of rotatable bonds is 3. The first kappa shape index (κ1) is 13.6. The number of imidazole rings is 1. The lowest BCUT2D eigenvalue weighted by Gasteiger charge is -2.16. The van der Waals surface area contributed by atoms with Crippen molar-refractivity contribution in [1.82, 2.24) is 19.9 Å². The number of halogens is 3. The number of alkyl halides is 3. The molecule has 0 bridgehead atoms.